The molecule has 0 saturated carbocycles. The Morgan fingerprint density at radius 2 is 2.00 bits per heavy atom. The number of nitrogens with zero attached hydrogens (tertiary/aromatic N) is 1. The number of aromatic nitrogens is 1. The number of aryl methyl sites for hydroxylation is 2. The van der Waals surface area contributed by atoms with Crippen LogP contribution in [0.15, 0.2) is 24.3 Å². The molecule has 0 unspecified atom stereocenters. The summed E-state index contributed by atoms with van der Waals surface area (Å²) in [5.74, 6) is 0.590. The summed E-state index contributed by atoms with van der Waals surface area (Å²) in [6.07, 6.45) is 1.04. The minimum Gasteiger partial charge on any atom is -0.345 e. The van der Waals surface area contributed by atoms with E-state index in [1.807, 2.05) is 0 Å². The Bertz CT molecular complexity index is 509. The van der Waals surface area contributed by atoms with Crippen LogP contribution in [-0.4, -0.2) is 11.1 Å². The van der Waals surface area contributed by atoms with Crippen LogP contribution < -0.4 is 5.73 Å². The molecule has 0 spiro atoms. The second-order valence-electron chi connectivity index (χ2n) is 5.05. The Morgan fingerprint density at radius 1 is 1.24 bits per heavy atom. The number of nitrogens with two attached hydrogens (primary N) is 1. The predicted octanol–water partition coefficient (Wildman–Crippen LogP) is 3.42. The zero-order chi connectivity index (χ0) is 12.4. The summed E-state index contributed by atoms with van der Waals surface area (Å²) < 4.78 is 2.37. The number of benzene rings is 1. The van der Waals surface area contributed by atoms with Gasteiger partial charge in [-0.05, 0) is 49.6 Å². The lowest BCUT2D eigenvalue weighted by atomic mass is 10.0. The molecule has 0 fully saturated rings. The highest BCUT2D eigenvalue weighted by molar-refractivity contribution is 5.82. The van der Waals surface area contributed by atoms with Crippen molar-refractivity contribution in [1.82, 2.24) is 4.57 Å². The lowest BCUT2D eigenvalue weighted by Crippen LogP contribution is -2.06. The molecule has 2 rings (SSSR count). The molecule has 0 aliphatic carbocycles. The molecule has 17 heavy (non-hydrogen) atoms. The third kappa shape index (κ3) is 2.37. The highest BCUT2D eigenvalue weighted by Crippen LogP contribution is 2.24. The topological polar surface area (TPSA) is 30.9 Å². The van der Waals surface area contributed by atoms with Crippen molar-refractivity contribution >= 4 is 10.9 Å². The summed E-state index contributed by atoms with van der Waals surface area (Å²) in [5, 5.41) is 1.35. The molecule has 0 saturated heterocycles. The Morgan fingerprint density at radius 3 is 2.65 bits per heavy atom. The Kier molecular flexibility index (Phi) is 3.53. The first kappa shape index (κ1) is 12.2. The summed E-state index contributed by atoms with van der Waals surface area (Å²) in [4.78, 5) is 0. The summed E-state index contributed by atoms with van der Waals surface area (Å²) in [6, 6.07) is 9.07. The molecule has 2 nitrogen and oxygen atoms in total. The molecule has 0 amide bonds. The monoisotopic (exact) mass is 230 g/mol. The summed E-state index contributed by atoms with van der Waals surface area (Å²) >= 11 is 0. The van der Waals surface area contributed by atoms with Crippen molar-refractivity contribution in [2.45, 2.75) is 39.7 Å². The van der Waals surface area contributed by atoms with Crippen LogP contribution in [0.1, 0.15) is 37.4 Å². The average Bonchev–Trinajstić information content (AvgIpc) is 2.61. The summed E-state index contributed by atoms with van der Waals surface area (Å²) in [5.41, 5.74) is 9.66. The molecule has 0 radical (unpaired) electrons. The maximum Gasteiger partial charge on any atom is 0.0482 e. The van der Waals surface area contributed by atoms with Gasteiger partial charge in [-0.2, -0.15) is 0 Å². The van der Waals surface area contributed by atoms with E-state index in [2.05, 4.69) is 49.6 Å². The summed E-state index contributed by atoms with van der Waals surface area (Å²) in [6.45, 7) is 8.42. The minimum absolute atomic E-state index is 0.590. The third-order valence-electron chi connectivity index (χ3n) is 3.39. The first-order valence-electron chi connectivity index (χ1n) is 6.43. The van der Waals surface area contributed by atoms with Gasteiger partial charge in [0.2, 0.25) is 0 Å². The standard InChI is InChI=1S/C15H22N2/c1-11(2)13-5-6-15-14(10-13)9-12(3)17(15)8-4-7-16/h5-6,9-11H,4,7-8,16H2,1-3H3. The van der Waals surface area contributed by atoms with Gasteiger partial charge in [0.1, 0.15) is 0 Å². The van der Waals surface area contributed by atoms with E-state index in [9.17, 15) is 0 Å². The molecule has 0 aliphatic heterocycles. The number of hydrogen-bond donors (Lipinski definition) is 1. The minimum atomic E-state index is 0.590. The van der Waals surface area contributed by atoms with Gasteiger partial charge in [0.25, 0.3) is 0 Å². The fourth-order valence-corrected chi connectivity index (χ4v) is 2.33. The molecule has 1 heterocycles. The van der Waals surface area contributed by atoms with Crippen molar-refractivity contribution in [2.24, 2.45) is 5.73 Å². The van der Waals surface area contributed by atoms with E-state index < -0.39 is 0 Å². The maximum absolute atomic E-state index is 5.59. The number of rotatable bonds is 4. The van der Waals surface area contributed by atoms with E-state index >= 15 is 0 Å². The molecular formula is C15H22N2. The van der Waals surface area contributed by atoms with Crippen molar-refractivity contribution in [3.63, 3.8) is 0 Å². The molecular weight excluding hydrogens is 208 g/mol. The highest BCUT2D eigenvalue weighted by atomic mass is 15.0. The van der Waals surface area contributed by atoms with Crippen LogP contribution >= 0.6 is 0 Å². The van der Waals surface area contributed by atoms with E-state index in [4.69, 9.17) is 5.73 Å². The average molecular weight is 230 g/mol. The van der Waals surface area contributed by atoms with E-state index in [1.165, 1.54) is 22.2 Å². The Labute approximate surface area is 103 Å². The zero-order valence-corrected chi connectivity index (χ0v) is 11.0. The lowest BCUT2D eigenvalue weighted by Gasteiger charge is -2.09. The summed E-state index contributed by atoms with van der Waals surface area (Å²) in [7, 11) is 0. The molecule has 2 heteroatoms. The molecule has 2 aromatic rings. The smallest absolute Gasteiger partial charge is 0.0482 e. The second kappa shape index (κ2) is 4.92. The van der Waals surface area contributed by atoms with Gasteiger partial charge in [-0.15, -0.1) is 0 Å². The largest absolute Gasteiger partial charge is 0.345 e. The maximum atomic E-state index is 5.59. The Balaban J connectivity index is 2.45. The van der Waals surface area contributed by atoms with Crippen molar-refractivity contribution < 1.29 is 0 Å². The van der Waals surface area contributed by atoms with Crippen molar-refractivity contribution in [3.05, 3.63) is 35.5 Å². The molecule has 92 valence electrons. The molecule has 2 N–H and O–H groups in total. The first-order valence-corrected chi connectivity index (χ1v) is 6.43. The van der Waals surface area contributed by atoms with Gasteiger partial charge < -0.3 is 10.3 Å². The van der Waals surface area contributed by atoms with Crippen molar-refractivity contribution in [1.29, 1.82) is 0 Å². The van der Waals surface area contributed by atoms with Crippen LogP contribution in [-0.2, 0) is 6.54 Å². The van der Waals surface area contributed by atoms with Gasteiger partial charge in [0.15, 0.2) is 0 Å². The van der Waals surface area contributed by atoms with Crippen LogP contribution in [0.2, 0.25) is 0 Å². The van der Waals surface area contributed by atoms with Crippen LogP contribution in [0, 0.1) is 6.92 Å². The molecule has 0 bridgehead atoms. The quantitative estimate of drug-likeness (QED) is 0.857. The predicted molar refractivity (Wildman–Crippen MR) is 74.4 cm³/mol. The van der Waals surface area contributed by atoms with Crippen LogP contribution in [0.3, 0.4) is 0 Å². The van der Waals surface area contributed by atoms with Gasteiger partial charge >= 0.3 is 0 Å². The molecule has 1 aromatic heterocycles. The second-order valence-corrected chi connectivity index (χ2v) is 5.05. The highest BCUT2D eigenvalue weighted by Gasteiger charge is 2.07. The fraction of sp³-hybridized carbons (Fsp3) is 0.467. The van der Waals surface area contributed by atoms with E-state index in [1.54, 1.807) is 0 Å². The van der Waals surface area contributed by atoms with Gasteiger partial charge in [-0.25, -0.2) is 0 Å². The third-order valence-corrected chi connectivity index (χ3v) is 3.39. The van der Waals surface area contributed by atoms with Crippen molar-refractivity contribution in [2.75, 3.05) is 6.54 Å². The lowest BCUT2D eigenvalue weighted by molar-refractivity contribution is 0.656. The molecule has 1 aromatic carbocycles. The number of hydrogen-bond acceptors (Lipinski definition) is 1. The van der Waals surface area contributed by atoms with Gasteiger partial charge in [-0.1, -0.05) is 19.9 Å². The normalized spacial score (nSPS) is 11.6. The number of fused-ring (bicyclic) bond motifs is 1. The van der Waals surface area contributed by atoms with Crippen LogP contribution in [0.4, 0.5) is 0 Å². The zero-order valence-electron chi connectivity index (χ0n) is 11.0. The fourth-order valence-electron chi connectivity index (χ4n) is 2.33. The van der Waals surface area contributed by atoms with E-state index in [0.717, 1.165) is 19.5 Å². The van der Waals surface area contributed by atoms with Gasteiger partial charge in [0, 0.05) is 23.1 Å². The van der Waals surface area contributed by atoms with Crippen LogP contribution in [0.25, 0.3) is 10.9 Å². The van der Waals surface area contributed by atoms with Crippen molar-refractivity contribution in [3.8, 4) is 0 Å². The van der Waals surface area contributed by atoms with E-state index in [0.29, 0.717) is 5.92 Å². The molecule has 0 atom stereocenters. The SMILES string of the molecule is Cc1cc2cc(C(C)C)ccc2n1CCCN. The van der Waals surface area contributed by atoms with E-state index in [-0.39, 0.29) is 0 Å². The first-order chi connectivity index (χ1) is 8.13. The Hall–Kier alpha value is -1.28. The van der Waals surface area contributed by atoms with Crippen LogP contribution in [0.5, 0.6) is 0 Å². The van der Waals surface area contributed by atoms with Gasteiger partial charge in [0.05, 0.1) is 0 Å². The molecule has 0 aliphatic rings. The van der Waals surface area contributed by atoms with Gasteiger partial charge in [-0.3, -0.25) is 0 Å².